The first-order valence-corrected chi connectivity index (χ1v) is 9.64. The van der Waals surface area contributed by atoms with E-state index in [1.165, 1.54) is 4.88 Å². The highest BCUT2D eigenvalue weighted by molar-refractivity contribution is 9.10. The predicted molar refractivity (Wildman–Crippen MR) is 98.0 cm³/mol. The van der Waals surface area contributed by atoms with E-state index in [0.717, 1.165) is 27.7 Å². The number of carbonyl (C=O) groups excluding carboxylic acids is 2. The van der Waals surface area contributed by atoms with Crippen LogP contribution >= 0.6 is 27.3 Å². The number of hydrogen-bond donors (Lipinski definition) is 1. The Labute approximate surface area is 152 Å². The van der Waals surface area contributed by atoms with E-state index in [1.807, 2.05) is 35.7 Å². The number of amides is 1. The average Bonchev–Trinajstić information content (AvgIpc) is 3.09. The van der Waals surface area contributed by atoms with E-state index in [4.69, 9.17) is 0 Å². The van der Waals surface area contributed by atoms with Gasteiger partial charge in [-0.05, 0) is 35.6 Å². The maximum absolute atomic E-state index is 12.9. The van der Waals surface area contributed by atoms with Crippen LogP contribution in [0.1, 0.15) is 41.5 Å². The molecule has 0 saturated carbocycles. The van der Waals surface area contributed by atoms with E-state index in [1.54, 1.807) is 11.3 Å². The average molecular weight is 402 g/mol. The highest BCUT2D eigenvalue weighted by atomic mass is 79.9. The minimum atomic E-state index is -0.126. The SMILES string of the molecule is O=C1C[C@H](c2ccc(Br)cc2)C2=C(C[C@@H](c3cccs3)CC2=O)N1. The Kier molecular flexibility index (Phi) is 4.14. The zero-order valence-electron chi connectivity index (χ0n) is 12.9. The normalized spacial score (nSPS) is 23.9. The van der Waals surface area contributed by atoms with Gasteiger partial charge in [-0.15, -0.1) is 11.3 Å². The summed E-state index contributed by atoms with van der Waals surface area (Å²) in [5, 5.41) is 5.00. The monoisotopic (exact) mass is 401 g/mol. The highest BCUT2D eigenvalue weighted by Crippen LogP contribution is 2.43. The van der Waals surface area contributed by atoms with Crippen LogP contribution in [0.3, 0.4) is 0 Å². The molecule has 4 rings (SSSR count). The molecule has 2 aromatic rings. The van der Waals surface area contributed by atoms with Crippen molar-refractivity contribution < 1.29 is 9.59 Å². The van der Waals surface area contributed by atoms with Crippen LogP contribution in [0.25, 0.3) is 0 Å². The van der Waals surface area contributed by atoms with E-state index in [9.17, 15) is 9.59 Å². The summed E-state index contributed by atoms with van der Waals surface area (Å²) in [5.74, 6) is 0.225. The van der Waals surface area contributed by atoms with Crippen LogP contribution in [0.2, 0.25) is 0 Å². The van der Waals surface area contributed by atoms with Crippen LogP contribution < -0.4 is 5.32 Å². The Balaban J connectivity index is 1.72. The van der Waals surface area contributed by atoms with E-state index in [2.05, 4.69) is 27.3 Å². The van der Waals surface area contributed by atoms with Gasteiger partial charge in [0.1, 0.15) is 0 Å². The Hall–Kier alpha value is -1.72. The zero-order valence-corrected chi connectivity index (χ0v) is 15.3. The van der Waals surface area contributed by atoms with Gasteiger partial charge in [0, 0.05) is 45.3 Å². The van der Waals surface area contributed by atoms with Crippen LogP contribution in [0.5, 0.6) is 0 Å². The summed E-state index contributed by atoms with van der Waals surface area (Å²) in [6, 6.07) is 12.0. The van der Waals surface area contributed by atoms with Crippen LogP contribution in [-0.4, -0.2) is 11.7 Å². The molecule has 1 amide bonds. The van der Waals surface area contributed by atoms with Gasteiger partial charge in [-0.25, -0.2) is 0 Å². The Morgan fingerprint density at radius 3 is 2.54 bits per heavy atom. The van der Waals surface area contributed by atoms with Crippen LogP contribution in [0.4, 0.5) is 0 Å². The lowest BCUT2D eigenvalue weighted by Crippen LogP contribution is -2.38. The lowest BCUT2D eigenvalue weighted by Gasteiger charge is -2.34. The molecule has 2 aliphatic rings. The molecule has 0 unspecified atom stereocenters. The van der Waals surface area contributed by atoms with Gasteiger partial charge in [0.05, 0.1) is 0 Å². The fraction of sp³-hybridized carbons (Fsp3) is 0.263. The Bertz CT molecular complexity index is 824. The molecule has 0 spiro atoms. The van der Waals surface area contributed by atoms with Crippen molar-refractivity contribution in [3.8, 4) is 0 Å². The molecule has 1 N–H and O–H groups in total. The number of Topliss-reactive ketones (excluding diaryl/α,β-unsaturated/α-hetero) is 1. The van der Waals surface area contributed by atoms with E-state index < -0.39 is 0 Å². The second-order valence-corrected chi connectivity index (χ2v) is 8.19. The second kappa shape index (κ2) is 6.30. The molecule has 2 atom stereocenters. The van der Waals surface area contributed by atoms with Crippen molar-refractivity contribution in [3.63, 3.8) is 0 Å². The summed E-state index contributed by atoms with van der Waals surface area (Å²) in [7, 11) is 0. The Morgan fingerprint density at radius 1 is 1.04 bits per heavy atom. The fourth-order valence-corrected chi connectivity index (χ4v) is 4.76. The highest BCUT2D eigenvalue weighted by Gasteiger charge is 2.38. The third kappa shape index (κ3) is 2.87. The lowest BCUT2D eigenvalue weighted by molar-refractivity contribution is -0.122. The largest absolute Gasteiger partial charge is 0.329 e. The zero-order chi connectivity index (χ0) is 16.7. The molecular weight excluding hydrogens is 386 g/mol. The maximum Gasteiger partial charge on any atom is 0.225 e. The van der Waals surface area contributed by atoms with Gasteiger partial charge in [0.25, 0.3) is 0 Å². The number of carbonyl (C=O) groups is 2. The van der Waals surface area contributed by atoms with Crippen molar-refractivity contribution in [1.29, 1.82) is 0 Å². The molecule has 0 radical (unpaired) electrons. The van der Waals surface area contributed by atoms with Crippen LogP contribution in [0.15, 0.2) is 57.5 Å². The standard InChI is InChI=1S/C19H16BrNO2S/c20-13-5-3-11(4-6-13)14-10-18(23)21-15-8-12(9-16(22)19(14)15)17-2-1-7-24-17/h1-7,12,14H,8-10H2,(H,21,23)/t12-,14-/m1/s1. The number of rotatable bonds is 2. The van der Waals surface area contributed by atoms with Crippen molar-refractivity contribution in [3.05, 3.63) is 68.0 Å². The van der Waals surface area contributed by atoms with Crippen LogP contribution in [0, 0.1) is 0 Å². The first kappa shape index (κ1) is 15.8. The van der Waals surface area contributed by atoms with Gasteiger partial charge in [-0.2, -0.15) is 0 Å². The van der Waals surface area contributed by atoms with Gasteiger partial charge in [0.15, 0.2) is 5.78 Å². The van der Waals surface area contributed by atoms with Gasteiger partial charge in [-0.1, -0.05) is 34.1 Å². The van der Waals surface area contributed by atoms with Crippen molar-refractivity contribution in [2.24, 2.45) is 0 Å². The minimum absolute atomic E-state index is 0.00120. The molecular formula is C19H16BrNO2S. The third-order valence-electron chi connectivity index (χ3n) is 4.75. The molecule has 1 aliphatic carbocycles. The van der Waals surface area contributed by atoms with Gasteiger partial charge in [-0.3, -0.25) is 9.59 Å². The number of nitrogens with one attached hydrogen (secondary N) is 1. The quantitative estimate of drug-likeness (QED) is 0.803. The van der Waals surface area contributed by atoms with Crippen molar-refractivity contribution in [2.75, 3.05) is 0 Å². The van der Waals surface area contributed by atoms with Gasteiger partial charge in [0.2, 0.25) is 5.91 Å². The molecule has 0 saturated heterocycles. The third-order valence-corrected chi connectivity index (χ3v) is 6.32. The summed E-state index contributed by atoms with van der Waals surface area (Å²) < 4.78 is 0.994. The molecule has 122 valence electrons. The molecule has 1 aromatic heterocycles. The Morgan fingerprint density at radius 2 is 1.83 bits per heavy atom. The van der Waals surface area contributed by atoms with E-state index in [0.29, 0.717) is 12.8 Å². The van der Waals surface area contributed by atoms with Crippen molar-refractivity contribution in [1.82, 2.24) is 5.32 Å². The molecule has 3 nitrogen and oxygen atoms in total. The molecule has 0 fully saturated rings. The molecule has 1 aromatic carbocycles. The van der Waals surface area contributed by atoms with E-state index in [-0.39, 0.29) is 23.5 Å². The molecule has 5 heteroatoms. The number of halogens is 1. The summed E-state index contributed by atoms with van der Waals surface area (Å²) in [6.45, 7) is 0. The molecule has 0 bridgehead atoms. The lowest BCUT2D eigenvalue weighted by atomic mass is 9.75. The number of thiophene rings is 1. The molecule has 24 heavy (non-hydrogen) atoms. The number of allylic oxidation sites excluding steroid dienone is 2. The maximum atomic E-state index is 12.9. The van der Waals surface area contributed by atoms with Crippen molar-refractivity contribution >= 4 is 39.0 Å². The van der Waals surface area contributed by atoms with Gasteiger partial charge >= 0.3 is 0 Å². The topological polar surface area (TPSA) is 46.2 Å². The predicted octanol–water partition coefficient (Wildman–Crippen LogP) is 4.51. The van der Waals surface area contributed by atoms with Gasteiger partial charge < -0.3 is 5.32 Å². The first-order chi connectivity index (χ1) is 11.6. The summed E-state index contributed by atoms with van der Waals surface area (Å²) in [5.41, 5.74) is 2.67. The van der Waals surface area contributed by atoms with E-state index >= 15 is 0 Å². The summed E-state index contributed by atoms with van der Waals surface area (Å²) in [6.07, 6.45) is 1.61. The number of benzene rings is 1. The summed E-state index contributed by atoms with van der Waals surface area (Å²) in [4.78, 5) is 26.3. The first-order valence-electron chi connectivity index (χ1n) is 7.97. The molecule has 1 aliphatic heterocycles. The second-order valence-electron chi connectivity index (χ2n) is 6.29. The smallest absolute Gasteiger partial charge is 0.225 e. The molecule has 2 heterocycles. The fourth-order valence-electron chi connectivity index (χ4n) is 3.66. The summed E-state index contributed by atoms with van der Waals surface area (Å²) >= 11 is 5.11. The van der Waals surface area contributed by atoms with Crippen LogP contribution in [-0.2, 0) is 9.59 Å². The van der Waals surface area contributed by atoms with Crippen molar-refractivity contribution in [2.45, 2.75) is 31.1 Å². The number of ketones is 1. The number of hydrogen-bond acceptors (Lipinski definition) is 3. The minimum Gasteiger partial charge on any atom is -0.329 e.